The molecule has 30 heavy (non-hydrogen) atoms. The predicted molar refractivity (Wildman–Crippen MR) is 120 cm³/mol. The first-order valence-electron chi connectivity index (χ1n) is 9.46. The summed E-state index contributed by atoms with van der Waals surface area (Å²) in [7, 11) is 0. The van der Waals surface area contributed by atoms with E-state index in [2.05, 4.69) is 21.2 Å². The van der Waals surface area contributed by atoms with Crippen LogP contribution >= 0.6 is 27.5 Å². The van der Waals surface area contributed by atoms with Gasteiger partial charge in [-0.05, 0) is 77.7 Å². The second kappa shape index (κ2) is 9.18. The second-order valence-electron chi connectivity index (χ2n) is 7.36. The van der Waals surface area contributed by atoms with E-state index in [1.165, 1.54) is 0 Å². The Bertz CT molecular complexity index is 1020. The summed E-state index contributed by atoms with van der Waals surface area (Å²) in [6, 6.07) is 9.18. The lowest BCUT2D eigenvalue weighted by atomic mass is 10.1. The summed E-state index contributed by atoms with van der Waals surface area (Å²) in [6.07, 6.45) is 0.0643. The zero-order valence-corrected chi connectivity index (χ0v) is 19.3. The van der Waals surface area contributed by atoms with Gasteiger partial charge >= 0.3 is 5.97 Å². The third-order valence-electron chi connectivity index (χ3n) is 5.22. The molecule has 0 spiro atoms. The van der Waals surface area contributed by atoms with Crippen molar-refractivity contribution in [2.45, 2.75) is 27.2 Å². The van der Waals surface area contributed by atoms with Gasteiger partial charge in [-0.1, -0.05) is 17.7 Å². The second-order valence-corrected chi connectivity index (χ2v) is 8.60. The minimum Gasteiger partial charge on any atom is -0.455 e. The van der Waals surface area contributed by atoms with Crippen molar-refractivity contribution in [1.29, 1.82) is 0 Å². The number of halogens is 2. The molecule has 0 bridgehead atoms. The number of rotatable bonds is 5. The minimum atomic E-state index is -0.601. The maximum absolute atomic E-state index is 12.4. The summed E-state index contributed by atoms with van der Waals surface area (Å²) in [5.74, 6) is -1.77. The van der Waals surface area contributed by atoms with Gasteiger partial charge in [0.25, 0.3) is 5.91 Å². The fourth-order valence-electron chi connectivity index (χ4n) is 3.24. The normalized spacial score (nSPS) is 16.0. The van der Waals surface area contributed by atoms with E-state index in [0.29, 0.717) is 16.3 Å². The minimum absolute atomic E-state index is 0.0643. The van der Waals surface area contributed by atoms with E-state index in [1.807, 2.05) is 32.0 Å². The Balaban J connectivity index is 1.56. The highest BCUT2D eigenvalue weighted by Crippen LogP contribution is 2.31. The maximum Gasteiger partial charge on any atom is 0.311 e. The van der Waals surface area contributed by atoms with Crippen LogP contribution in [0.15, 0.2) is 34.8 Å². The van der Waals surface area contributed by atoms with Crippen molar-refractivity contribution < 1.29 is 19.1 Å². The largest absolute Gasteiger partial charge is 0.455 e. The lowest BCUT2D eigenvalue weighted by Crippen LogP contribution is -2.28. The highest BCUT2D eigenvalue weighted by Gasteiger charge is 2.36. The molecule has 158 valence electrons. The Kier molecular flexibility index (Phi) is 6.83. The van der Waals surface area contributed by atoms with E-state index in [9.17, 15) is 14.4 Å². The molecule has 0 aromatic heterocycles. The van der Waals surface area contributed by atoms with Crippen LogP contribution in [0, 0.1) is 26.7 Å². The van der Waals surface area contributed by atoms with Crippen LogP contribution in [0.1, 0.15) is 23.1 Å². The van der Waals surface area contributed by atoms with Crippen molar-refractivity contribution in [2.24, 2.45) is 5.92 Å². The van der Waals surface area contributed by atoms with Gasteiger partial charge in [0.15, 0.2) is 6.61 Å². The fourth-order valence-corrected chi connectivity index (χ4v) is 3.83. The van der Waals surface area contributed by atoms with Crippen molar-refractivity contribution >= 4 is 56.7 Å². The number of nitrogens with zero attached hydrogens (tertiary/aromatic N) is 1. The number of nitrogens with one attached hydrogen (secondary N) is 1. The van der Waals surface area contributed by atoms with Crippen molar-refractivity contribution in [1.82, 2.24) is 0 Å². The molecule has 2 aromatic carbocycles. The molecule has 3 rings (SSSR count). The van der Waals surface area contributed by atoms with E-state index in [0.717, 1.165) is 21.3 Å². The highest BCUT2D eigenvalue weighted by atomic mass is 79.9. The maximum atomic E-state index is 12.4. The predicted octanol–water partition coefficient (Wildman–Crippen LogP) is 4.56. The first-order chi connectivity index (χ1) is 14.2. The number of amides is 2. The number of anilines is 2. The molecule has 1 saturated heterocycles. The third kappa shape index (κ3) is 4.84. The molecule has 1 N–H and O–H groups in total. The van der Waals surface area contributed by atoms with Crippen LogP contribution in [0.5, 0.6) is 0 Å². The van der Waals surface area contributed by atoms with Crippen LogP contribution in [0.25, 0.3) is 0 Å². The van der Waals surface area contributed by atoms with Gasteiger partial charge < -0.3 is 15.0 Å². The van der Waals surface area contributed by atoms with E-state index in [-0.39, 0.29) is 18.9 Å². The average molecular weight is 494 g/mol. The zero-order valence-electron chi connectivity index (χ0n) is 16.9. The van der Waals surface area contributed by atoms with Gasteiger partial charge in [0, 0.05) is 28.8 Å². The fraction of sp³-hybridized carbons (Fsp3) is 0.318. The molecule has 6 nitrogen and oxygen atoms in total. The first kappa shape index (κ1) is 22.3. The quantitative estimate of drug-likeness (QED) is 0.620. The van der Waals surface area contributed by atoms with Gasteiger partial charge in [0.1, 0.15) is 0 Å². The molecule has 1 heterocycles. The van der Waals surface area contributed by atoms with E-state index in [4.69, 9.17) is 16.3 Å². The lowest BCUT2D eigenvalue weighted by molar-refractivity contribution is -0.151. The molecule has 1 aliphatic rings. The Morgan fingerprint density at radius 1 is 1.20 bits per heavy atom. The summed E-state index contributed by atoms with van der Waals surface area (Å²) in [4.78, 5) is 38.6. The van der Waals surface area contributed by atoms with Crippen molar-refractivity contribution in [3.05, 3.63) is 56.5 Å². The van der Waals surface area contributed by atoms with Crippen LogP contribution in [-0.2, 0) is 19.1 Å². The number of hydrogen-bond acceptors (Lipinski definition) is 4. The standard InChI is InChI=1S/C22H22BrClN2O4/c1-12-4-5-16(8-13(12)2)26-10-15(9-20(26)28)22(29)30-11-19(27)25-18-7-6-17(23)21(24)14(18)3/h4-8,15H,9-11H2,1-3H3,(H,25,27)/t15-/m1/s1. The van der Waals surface area contributed by atoms with E-state index in [1.54, 1.807) is 24.0 Å². The summed E-state index contributed by atoms with van der Waals surface area (Å²) in [6.45, 7) is 5.56. The SMILES string of the molecule is Cc1ccc(N2C[C@H](C(=O)OCC(=O)Nc3ccc(Br)c(Cl)c3C)CC2=O)cc1C. The number of aryl methyl sites for hydroxylation is 2. The Hall–Kier alpha value is -2.38. The molecule has 1 fully saturated rings. The topological polar surface area (TPSA) is 75.7 Å². The van der Waals surface area contributed by atoms with Crippen LogP contribution in [0.2, 0.25) is 5.02 Å². The molecule has 1 aliphatic heterocycles. The van der Waals surface area contributed by atoms with Crippen LogP contribution in [0.4, 0.5) is 11.4 Å². The van der Waals surface area contributed by atoms with Crippen LogP contribution in [-0.4, -0.2) is 30.9 Å². The van der Waals surface area contributed by atoms with Crippen LogP contribution < -0.4 is 10.2 Å². The molecule has 8 heteroatoms. The summed E-state index contributed by atoms with van der Waals surface area (Å²) in [5.41, 5.74) is 4.22. The molecule has 0 radical (unpaired) electrons. The average Bonchev–Trinajstić information content (AvgIpc) is 3.10. The molecular formula is C22H22BrClN2O4. The highest BCUT2D eigenvalue weighted by molar-refractivity contribution is 9.10. The molecule has 2 aromatic rings. The smallest absolute Gasteiger partial charge is 0.311 e. The third-order valence-corrected chi connectivity index (χ3v) is 6.60. The summed E-state index contributed by atoms with van der Waals surface area (Å²) < 4.78 is 5.88. The number of carbonyl (C=O) groups excluding carboxylic acids is 3. The number of esters is 1. The van der Waals surface area contributed by atoms with Gasteiger partial charge in [-0.25, -0.2) is 0 Å². The number of carbonyl (C=O) groups is 3. The number of ether oxygens (including phenoxy) is 1. The number of hydrogen-bond donors (Lipinski definition) is 1. The van der Waals surface area contributed by atoms with Crippen molar-refractivity contribution in [3.63, 3.8) is 0 Å². The van der Waals surface area contributed by atoms with Crippen molar-refractivity contribution in [2.75, 3.05) is 23.4 Å². The van der Waals surface area contributed by atoms with Gasteiger partial charge in [0.2, 0.25) is 5.91 Å². The summed E-state index contributed by atoms with van der Waals surface area (Å²) in [5, 5.41) is 3.18. The van der Waals surface area contributed by atoms with E-state index >= 15 is 0 Å². The van der Waals surface area contributed by atoms with Gasteiger partial charge in [-0.2, -0.15) is 0 Å². The Labute approximate surface area is 188 Å². The first-order valence-corrected chi connectivity index (χ1v) is 10.6. The van der Waals surface area contributed by atoms with Gasteiger partial charge in [0.05, 0.1) is 10.9 Å². The molecule has 0 saturated carbocycles. The summed E-state index contributed by atoms with van der Waals surface area (Å²) >= 11 is 9.48. The Morgan fingerprint density at radius 3 is 2.63 bits per heavy atom. The Morgan fingerprint density at radius 2 is 1.93 bits per heavy atom. The lowest BCUT2D eigenvalue weighted by Gasteiger charge is -2.18. The zero-order chi connectivity index (χ0) is 22.0. The van der Waals surface area contributed by atoms with Gasteiger partial charge in [-0.3, -0.25) is 14.4 Å². The molecule has 0 unspecified atom stereocenters. The molecule has 2 amide bonds. The monoisotopic (exact) mass is 492 g/mol. The molecular weight excluding hydrogens is 472 g/mol. The molecule has 1 atom stereocenters. The van der Waals surface area contributed by atoms with E-state index < -0.39 is 24.4 Å². The van der Waals surface area contributed by atoms with Crippen LogP contribution in [0.3, 0.4) is 0 Å². The van der Waals surface area contributed by atoms with Crippen molar-refractivity contribution in [3.8, 4) is 0 Å². The molecule has 0 aliphatic carbocycles. The number of benzene rings is 2. The van der Waals surface area contributed by atoms with Gasteiger partial charge in [-0.15, -0.1) is 0 Å².